The predicted octanol–water partition coefficient (Wildman–Crippen LogP) is 5.33. The smallest absolute Gasteiger partial charge is 0.342 e. The number of hydrogen-bond donors (Lipinski definition) is 1. The number of ether oxygens (including phenoxy) is 4. The standard InChI is InChI=1S/C29H32O8/c1-17-8-7-11-19(30)10-6-4-5-9-18-14-24-27(28(32)26(18)29(33)36-17)22(16-25(31)37-24)21-15-20(34-2)12-13-23(21)35-3/h5,9,12-15,17,22,32H,4,6-8,10-11,16H2,1-3H3/t17-,22?/m0/s1. The second-order valence-electron chi connectivity index (χ2n) is 9.38. The fourth-order valence-electron chi connectivity index (χ4n) is 4.90. The van der Waals surface area contributed by atoms with E-state index in [9.17, 15) is 19.5 Å². The number of fused-ring (bicyclic) bond motifs is 2. The lowest BCUT2D eigenvalue weighted by Crippen LogP contribution is -2.23. The lowest BCUT2D eigenvalue weighted by Gasteiger charge is -2.28. The summed E-state index contributed by atoms with van der Waals surface area (Å²) in [6.45, 7) is 1.77. The Morgan fingerprint density at radius 2 is 1.81 bits per heavy atom. The number of rotatable bonds is 3. The Morgan fingerprint density at radius 1 is 1.03 bits per heavy atom. The lowest BCUT2D eigenvalue weighted by molar-refractivity contribution is -0.135. The Hall–Kier alpha value is -3.81. The van der Waals surface area contributed by atoms with Gasteiger partial charge in [0.25, 0.3) is 0 Å². The highest BCUT2D eigenvalue weighted by molar-refractivity contribution is 5.98. The van der Waals surface area contributed by atoms with Gasteiger partial charge in [0.2, 0.25) is 0 Å². The normalized spacial score (nSPS) is 20.7. The third-order valence-electron chi connectivity index (χ3n) is 6.79. The first-order valence-electron chi connectivity index (χ1n) is 12.5. The molecule has 2 aliphatic rings. The van der Waals surface area contributed by atoms with Crippen molar-refractivity contribution < 1.29 is 38.4 Å². The van der Waals surface area contributed by atoms with Crippen molar-refractivity contribution in [3.8, 4) is 23.0 Å². The third kappa shape index (κ3) is 5.79. The number of cyclic esters (lactones) is 1. The lowest BCUT2D eigenvalue weighted by atomic mass is 9.83. The molecule has 37 heavy (non-hydrogen) atoms. The Morgan fingerprint density at radius 3 is 2.57 bits per heavy atom. The van der Waals surface area contributed by atoms with Crippen molar-refractivity contribution in [3.63, 3.8) is 0 Å². The largest absolute Gasteiger partial charge is 0.507 e. The molecule has 0 spiro atoms. The SMILES string of the molecule is COc1ccc(OC)c(C2CC(=O)Oc3cc4c(c(O)c32)C(=O)O[C@@H](C)CCCC(=O)CCCC=C4)c1. The third-order valence-corrected chi connectivity index (χ3v) is 6.79. The summed E-state index contributed by atoms with van der Waals surface area (Å²) in [6, 6.07) is 6.80. The van der Waals surface area contributed by atoms with Crippen LogP contribution in [0.5, 0.6) is 23.0 Å². The Kier molecular flexibility index (Phi) is 8.16. The summed E-state index contributed by atoms with van der Waals surface area (Å²) >= 11 is 0. The van der Waals surface area contributed by atoms with Crippen LogP contribution < -0.4 is 14.2 Å². The summed E-state index contributed by atoms with van der Waals surface area (Å²) in [7, 11) is 3.06. The van der Waals surface area contributed by atoms with E-state index in [-0.39, 0.29) is 29.3 Å². The molecule has 0 radical (unpaired) electrons. The molecular weight excluding hydrogens is 476 g/mol. The van der Waals surface area contributed by atoms with Crippen LogP contribution in [-0.4, -0.2) is 43.2 Å². The number of phenolic OH excluding ortho intramolecular Hbond substituents is 1. The molecule has 2 heterocycles. The van der Waals surface area contributed by atoms with Crippen LogP contribution in [0.3, 0.4) is 0 Å². The molecule has 0 saturated heterocycles. The molecule has 0 fully saturated rings. The quantitative estimate of drug-likeness (QED) is 0.438. The number of aromatic hydroxyl groups is 1. The summed E-state index contributed by atoms with van der Waals surface area (Å²) in [5.74, 6) is -0.643. The van der Waals surface area contributed by atoms with Crippen LogP contribution in [-0.2, 0) is 14.3 Å². The van der Waals surface area contributed by atoms with E-state index in [4.69, 9.17) is 18.9 Å². The Bertz CT molecular complexity index is 1230. The maximum absolute atomic E-state index is 13.4. The predicted molar refractivity (Wildman–Crippen MR) is 136 cm³/mol. The van der Waals surface area contributed by atoms with E-state index in [2.05, 4.69) is 0 Å². The molecule has 2 aromatic rings. The van der Waals surface area contributed by atoms with Gasteiger partial charge < -0.3 is 24.1 Å². The number of benzene rings is 2. The molecule has 0 saturated carbocycles. The Labute approximate surface area is 216 Å². The fraction of sp³-hybridized carbons (Fsp3) is 0.414. The van der Waals surface area contributed by atoms with Crippen LogP contribution in [0.1, 0.15) is 84.8 Å². The number of carbonyl (C=O) groups is 3. The molecule has 1 unspecified atom stereocenters. The first-order valence-corrected chi connectivity index (χ1v) is 12.5. The van der Waals surface area contributed by atoms with E-state index >= 15 is 0 Å². The molecule has 2 aliphatic heterocycles. The van der Waals surface area contributed by atoms with E-state index < -0.39 is 24.0 Å². The van der Waals surface area contributed by atoms with Gasteiger partial charge in [0, 0.05) is 29.9 Å². The fourth-order valence-corrected chi connectivity index (χ4v) is 4.90. The maximum Gasteiger partial charge on any atom is 0.342 e. The zero-order valence-electron chi connectivity index (χ0n) is 21.4. The maximum atomic E-state index is 13.4. The van der Waals surface area contributed by atoms with Crippen molar-refractivity contribution >= 4 is 23.8 Å². The monoisotopic (exact) mass is 508 g/mol. The van der Waals surface area contributed by atoms with E-state index in [0.717, 1.165) is 0 Å². The number of methoxy groups -OCH3 is 2. The highest BCUT2D eigenvalue weighted by Gasteiger charge is 2.37. The molecule has 1 N–H and O–H groups in total. The van der Waals surface area contributed by atoms with Crippen LogP contribution >= 0.6 is 0 Å². The van der Waals surface area contributed by atoms with Crippen LogP contribution in [0.25, 0.3) is 6.08 Å². The van der Waals surface area contributed by atoms with Gasteiger partial charge in [0.15, 0.2) is 0 Å². The van der Waals surface area contributed by atoms with Crippen molar-refractivity contribution in [2.75, 3.05) is 14.2 Å². The zero-order valence-corrected chi connectivity index (χ0v) is 21.4. The van der Waals surface area contributed by atoms with Gasteiger partial charge in [0.05, 0.1) is 26.7 Å². The number of phenols is 1. The molecule has 2 atom stereocenters. The number of hydrogen-bond acceptors (Lipinski definition) is 8. The van der Waals surface area contributed by atoms with Gasteiger partial charge in [-0.2, -0.15) is 0 Å². The first kappa shape index (κ1) is 26.3. The first-order chi connectivity index (χ1) is 17.8. The van der Waals surface area contributed by atoms with Gasteiger partial charge in [-0.1, -0.05) is 12.2 Å². The molecule has 2 aromatic carbocycles. The zero-order chi connectivity index (χ0) is 26.5. The van der Waals surface area contributed by atoms with Crippen molar-refractivity contribution in [1.29, 1.82) is 0 Å². The molecule has 0 amide bonds. The molecule has 196 valence electrons. The highest BCUT2D eigenvalue weighted by Crippen LogP contribution is 2.49. The van der Waals surface area contributed by atoms with E-state index in [1.807, 2.05) is 6.08 Å². The number of carbonyl (C=O) groups excluding carboxylic acids is 3. The van der Waals surface area contributed by atoms with E-state index in [1.54, 1.807) is 37.3 Å². The topological polar surface area (TPSA) is 108 Å². The van der Waals surface area contributed by atoms with Crippen LogP contribution in [0, 0.1) is 0 Å². The highest BCUT2D eigenvalue weighted by atomic mass is 16.5. The summed E-state index contributed by atoms with van der Waals surface area (Å²) < 4.78 is 22.1. The molecule has 0 bridgehead atoms. The molecule has 8 heteroatoms. The molecule has 8 nitrogen and oxygen atoms in total. The van der Waals surface area contributed by atoms with E-state index in [0.29, 0.717) is 66.7 Å². The van der Waals surface area contributed by atoms with Crippen LogP contribution in [0.4, 0.5) is 0 Å². The molecule has 0 aromatic heterocycles. The summed E-state index contributed by atoms with van der Waals surface area (Å²) in [5, 5.41) is 11.5. The number of allylic oxidation sites excluding steroid dienone is 1. The van der Waals surface area contributed by atoms with Crippen LogP contribution in [0.2, 0.25) is 0 Å². The van der Waals surface area contributed by atoms with Gasteiger partial charge in [0.1, 0.15) is 34.3 Å². The molecule has 0 aliphatic carbocycles. The number of Topliss-reactive ketones (excluding diaryl/α,β-unsaturated/α-hetero) is 1. The average Bonchev–Trinajstić information content (AvgIpc) is 2.86. The van der Waals surface area contributed by atoms with Crippen LogP contribution in [0.15, 0.2) is 30.3 Å². The van der Waals surface area contributed by atoms with Gasteiger partial charge >= 0.3 is 11.9 Å². The van der Waals surface area contributed by atoms with Crippen molar-refractivity contribution in [2.24, 2.45) is 0 Å². The second kappa shape index (κ2) is 11.5. The van der Waals surface area contributed by atoms with Gasteiger partial charge in [-0.15, -0.1) is 0 Å². The molecule has 4 rings (SSSR count). The Balaban J connectivity index is 1.85. The van der Waals surface area contributed by atoms with Gasteiger partial charge in [-0.05, 0) is 62.4 Å². The summed E-state index contributed by atoms with van der Waals surface area (Å²) in [5.41, 5.74) is 1.33. The van der Waals surface area contributed by atoms with Crippen molar-refractivity contribution in [3.05, 3.63) is 52.6 Å². The van der Waals surface area contributed by atoms with Gasteiger partial charge in [-0.3, -0.25) is 9.59 Å². The average molecular weight is 509 g/mol. The minimum atomic E-state index is -0.677. The number of ketones is 1. The molecular formula is C29H32O8. The van der Waals surface area contributed by atoms with Gasteiger partial charge in [-0.25, -0.2) is 4.79 Å². The van der Waals surface area contributed by atoms with Crippen molar-refractivity contribution in [2.45, 2.75) is 63.9 Å². The van der Waals surface area contributed by atoms with E-state index in [1.165, 1.54) is 14.2 Å². The second-order valence-corrected chi connectivity index (χ2v) is 9.38. The summed E-state index contributed by atoms with van der Waals surface area (Å²) in [4.78, 5) is 38.1. The summed E-state index contributed by atoms with van der Waals surface area (Å²) in [6.07, 6.45) is 6.45. The minimum Gasteiger partial charge on any atom is -0.507 e. The minimum absolute atomic E-state index is 0.0137. The van der Waals surface area contributed by atoms with Crippen molar-refractivity contribution in [1.82, 2.24) is 0 Å². The number of esters is 2.